The number of H-pyrrole nitrogens is 1. The Morgan fingerprint density at radius 1 is 1.15 bits per heavy atom. The molecule has 1 amide bonds. The smallest absolute Gasteiger partial charge is 0.260 e. The molecule has 2 aromatic rings. The highest BCUT2D eigenvalue weighted by Gasteiger charge is 2.09. The zero-order valence-corrected chi connectivity index (χ0v) is 11.5. The van der Waals surface area contributed by atoms with E-state index >= 15 is 0 Å². The van der Waals surface area contributed by atoms with Gasteiger partial charge in [-0.25, -0.2) is 0 Å². The summed E-state index contributed by atoms with van der Waals surface area (Å²) in [7, 11) is -1.16. The van der Waals surface area contributed by atoms with Gasteiger partial charge in [0.2, 0.25) is 0 Å². The molecule has 0 radical (unpaired) electrons. The van der Waals surface area contributed by atoms with Gasteiger partial charge in [-0.3, -0.25) is 13.8 Å². The molecule has 1 atom stereocenters. The Labute approximate surface area is 118 Å². The number of carbonyl (C=O) groups is 1. The van der Waals surface area contributed by atoms with E-state index in [1.807, 2.05) is 18.2 Å². The molecule has 1 heterocycles. The molecule has 0 fully saturated rings. The molecule has 0 saturated heterocycles. The fourth-order valence-corrected chi connectivity index (χ4v) is 2.63. The van der Waals surface area contributed by atoms with Crippen LogP contribution >= 0.6 is 0 Å². The number of aromatic amines is 1. The van der Waals surface area contributed by atoms with Gasteiger partial charge in [0.15, 0.2) is 0 Å². The Hall–Kier alpha value is -2.21. The molecule has 0 aliphatic rings. The average molecular weight is 290 g/mol. The van der Waals surface area contributed by atoms with Crippen molar-refractivity contribution in [3.8, 4) is 0 Å². The van der Waals surface area contributed by atoms with Gasteiger partial charge in [0.25, 0.3) is 11.5 Å². The van der Waals surface area contributed by atoms with Gasteiger partial charge in [-0.05, 0) is 24.3 Å². The van der Waals surface area contributed by atoms with Crippen LogP contribution in [0.1, 0.15) is 10.4 Å². The van der Waals surface area contributed by atoms with E-state index in [9.17, 15) is 13.8 Å². The number of carbonyl (C=O) groups excluding carboxylic acids is 1. The molecular formula is C14H14N2O3S. The van der Waals surface area contributed by atoms with Crippen molar-refractivity contribution in [2.45, 2.75) is 4.90 Å². The fraction of sp³-hybridized carbons (Fsp3) is 0.143. The highest BCUT2D eigenvalue weighted by Crippen LogP contribution is 2.04. The van der Waals surface area contributed by atoms with Crippen LogP contribution in [-0.4, -0.2) is 27.4 Å². The summed E-state index contributed by atoms with van der Waals surface area (Å²) in [5.41, 5.74) is -0.382. The van der Waals surface area contributed by atoms with E-state index in [2.05, 4.69) is 10.3 Å². The van der Waals surface area contributed by atoms with Gasteiger partial charge in [0, 0.05) is 23.4 Å². The largest absolute Gasteiger partial charge is 0.351 e. The molecule has 0 saturated carbocycles. The Bertz CT molecular complexity index is 667. The maximum Gasteiger partial charge on any atom is 0.260 e. The summed E-state index contributed by atoms with van der Waals surface area (Å²) < 4.78 is 11.9. The first-order chi connectivity index (χ1) is 9.68. The standard InChI is InChI=1S/C14H14N2O3S/c17-13-12(7-4-8-15-13)14(18)16-9-10-20(19)11-5-2-1-3-6-11/h1-8H,9-10H2,(H,15,17)(H,16,18)/t20-/m1/s1. The Morgan fingerprint density at radius 2 is 1.90 bits per heavy atom. The molecule has 104 valence electrons. The van der Waals surface area contributed by atoms with E-state index in [4.69, 9.17) is 0 Å². The van der Waals surface area contributed by atoms with E-state index in [-0.39, 0.29) is 12.1 Å². The quantitative estimate of drug-likeness (QED) is 0.859. The number of hydrogen-bond donors (Lipinski definition) is 2. The molecule has 6 heteroatoms. The summed E-state index contributed by atoms with van der Waals surface area (Å²) in [5, 5.41) is 2.59. The number of pyridine rings is 1. The molecule has 0 aliphatic carbocycles. The zero-order chi connectivity index (χ0) is 14.4. The van der Waals surface area contributed by atoms with Crippen molar-refractivity contribution < 1.29 is 9.00 Å². The average Bonchev–Trinajstić information content (AvgIpc) is 2.48. The van der Waals surface area contributed by atoms with Gasteiger partial charge in [0.1, 0.15) is 5.56 Å². The van der Waals surface area contributed by atoms with Gasteiger partial charge in [-0.2, -0.15) is 0 Å². The van der Waals surface area contributed by atoms with Crippen molar-refractivity contribution >= 4 is 16.7 Å². The van der Waals surface area contributed by atoms with Crippen LogP contribution in [0.2, 0.25) is 0 Å². The maximum atomic E-state index is 11.9. The van der Waals surface area contributed by atoms with Crippen LogP contribution in [0.3, 0.4) is 0 Å². The molecule has 20 heavy (non-hydrogen) atoms. The second-order valence-electron chi connectivity index (χ2n) is 4.03. The summed E-state index contributed by atoms with van der Waals surface area (Å²) in [4.78, 5) is 26.3. The summed E-state index contributed by atoms with van der Waals surface area (Å²) >= 11 is 0. The van der Waals surface area contributed by atoms with Crippen molar-refractivity contribution in [1.29, 1.82) is 0 Å². The molecular weight excluding hydrogens is 276 g/mol. The molecule has 1 aromatic carbocycles. The SMILES string of the molecule is O=C(NCC[S@@](=O)c1ccccc1)c1ccc[nH]c1=O. The van der Waals surface area contributed by atoms with Crippen LogP contribution in [0, 0.1) is 0 Å². The lowest BCUT2D eigenvalue weighted by Crippen LogP contribution is -2.32. The Balaban J connectivity index is 1.88. The van der Waals surface area contributed by atoms with Crippen LogP contribution < -0.4 is 10.9 Å². The molecule has 0 bridgehead atoms. The van der Waals surface area contributed by atoms with E-state index in [1.54, 1.807) is 18.2 Å². The predicted molar refractivity (Wildman–Crippen MR) is 77.1 cm³/mol. The van der Waals surface area contributed by atoms with Crippen molar-refractivity contribution in [1.82, 2.24) is 10.3 Å². The van der Waals surface area contributed by atoms with Gasteiger partial charge in [-0.1, -0.05) is 18.2 Å². The summed E-state index contributed by atoms with van der Waals surface area (Å²) in [6.07, 6.45) is 1.46. The first-order valence-corrected chi connectivity index (χ1v) is 7.39. The van der Waals surface area contributed by atoms with E-state index in [1.165, 1.54) is 12.3 Å². The normalized spacial score (nSPS) is 11.8. The topological polar surface area (TPSA) is 79.0 Å². The van der Waals surface area contributed by atoms with Crippen molar-refractivity contribution in [2.75, 3.05) is 12.3 Å². The molecule has 5 nitrogen and oxygen atoms in total. The van der Waals surface area contributed by atoms with E-state index in [0.29, 0.717) is 5.75 Å². The number of rotatable bonds is 5. The minimum atomic E-state index is -1.16. The van der Waals surface area contributed by atoms with Crippen LogP contribution in [0.5, 0.6) is 0 Å². The molecule has 0 unspecified atom stereocenters. The maximum absolute atomic E-state index is 11.9. The summed E-state index contributed by atoms with van der Waals surface area (Å²) in [5.74, 6) is -0.155. The number of aromatic nitrogens is 1. The lowest BCUT2D eigenvalue weighted by Gasteiger charge is -2.05. The van der Waals surface area contributed by atoms with Crippen molar-refractivity contribution in [3.05, 3.63) is 64.6 Å². The van der Waals surface area contributed by atoms with Gasteiger partial charge < -0.3 is 10.3 Å². The molecule has 1 aromatic heterocycles. The first-order valence-electron chi connectivity index (χ1n) is 6.08. The number of amides is 1. The number of hydrogen-bond acceptors (Lipinski definition) is 3. The lowest BCUT2D eigenvalue weighted by molar-refractivity contribution is 0.0954. The van der Waals surface area contributed by atoms with Gasteiger partial charge >= 0.3 is 0 Å². The van der Waals surface area contributed by atoms with Crippen LogP contribution in [-0.2, 0) is 10.8 Å². The Kier molecular flexibility index (Phi) is 4.84. The zero-order valence-electron chi connectivity index (χ0n) is 10.7. The molecule has 0 aliphatic heterocycles. The number of nitrogens with one attached hydrogen (secondary N) is 2. The highest BCUT2D eigenvalue weighted by molar-refractivity contribution is 7.85. The third-order valence-electron chi connectivity index (χ3n) is 2.64. The summed E-state index contributed by atoms with van der Waals surface area (Å²) in [6.45, 7) is 0.245. The van der Waals surface area contributed by atoms with Crippen molar-refractivity contribution in [3.63, 3.8) is 0 Å². The molecule has 2 rings (SSSR count). The second-order valence-corrected chi connectivity index (χ2v) is 5.60. The minimum absolute atomic E-state index is 0.0537. The van der Waals surface area contributed by atoms with Crippen LogP contribution in [0.15, 0.2) is 58.4 Å². The van der Waals surface area contributed by atoms with E-state index < -0.39 is 22.3 Å². The third kappa shape index (κ3) is 3.64. The van der Waals surface area contributed by atoms with Crippen LogP contribution in [0.25, 0.3) is 0 Å². The first kappa shape index (κ1) is 14.2. The predicted octanol–water partition coefficient (Wildman–Crippen LogP) is 0.912. The number of benzene rings is 1. The third-order valence-corrected chi connectivity index (χ3v) is 4.01. The fourth-order valence-electron chi connectivity index (χ4n) is 1.64. The minimum Gasteiger partial charge on any atom is -0.351 e. The monoisotopic (exact) mass is 290 g/mol. The second kappa shape index (κ2) is 6.81. The van der Waals surface area contributed by atoms with Gasteiger partial charge in [-0.15, -0.1) is 0 Å². The van der Waals surface area contributed by atoms with Gasteiger partial charge in [0.05, 0.1) is 10.8 Å². The molecule has 0 spiro atoms. The molecule has 2 N–H and O–H groups in total. The highest BCUT2D eigenvalue weighted by atomic mass is 32.2. The van der Waals surface area contributed by atoms with Crippen LogP contribution in [0.4, 0.5) is 0 Å². The van der Waals surface area contributed by atoms with E-state index in [0.717, 1.165) is 4.90 Å². The van der Waals surface area contributed by atoms with Crippen molar-refractivity contribution in [2.24, 2.45) is 0 Å². The summed E-state index contributed by atoms with van der Waals surface area (Å²) in [6, 6.07) is 12.1. The lowest BCUT2D eigenvalue weighted by atomic mass is 10.2. The Morgan fingerprint density at radius 3 is 2.60 bits per heavy atom.